The standard InChI is InChI=1S/C35H27BrN4O4/c1-20-10-12-21(13-11-20)18-37-31(41)32(42)39-38-19-35-26-8-4-2-6-24(26)28(25-7-3-5-9-27(25)35)29-30(35)34(44)40(33(29)43)23-16-14-22(36)15-17-23/h2-17,19,28-30H,18H2,1H3,(H,37,41)(H,39,42)/b38-19-/t28?,29-,30-,35?/m0/s1. The lowest BCUT2D eigenvalue weighted by atomic mass is 9.47. The maximum atomic E-state index is 14.4. The lowest BCUT2D eigenvalue weighted by Crippen LogP contribution is -2.55. The molecule has 2 bridgehead atoms. The van der Waals surface area contributed by atoms with Crippen LogP contribution in [0.25, 0.3) is 0 Å². The van der Waals surface area contributed by atoms with Crippen LogP contribution in [0.1, 0.15) is 39.3 Å². The number of carbonyl (C=O) groups is 4. The molecular formula is C35H27BrN4O4. The second-order valence-corrected chi connectivity index (χ2v) is 12.3. The van der Waals surface area contributed by atoms with E-state index >= 15 is 0 Å². The smallest absolute Gasteiger partial charge is 0.329 e. The molecule has 8 nitrogen and oxygen atoms in total. The minimum absolute atomic E-state index is 0.189. The summed E-state index contributed by atoms with van der Waals surface area (Å²) in [5, 5.41) is 6.92. The van der Waals surface area contributed by atoms with Gasteiger partial charge in [0.15, 0.2) is 0 Å². The van der Waals surface area contributed by atoms with E-state index in [1.807, 2.05) is 79.7 Å². The molecule has 2 atom stereocenters. The van der Waals surface area contributed by atoms with Crippen LogP contribution < -0.4 is 15.6 Å². The highest BCUT2D eigenvalue weighted by atomic mass is 79.9. The number of amides is 4. The highest BCUT2D eigenvalue weighted by Crippen LogP contribution is 2.63. The molecule has 1 heterocycles. The number of rotatable bonds is 5. The SMILES string of the molecule is Cc1ccc(CNC(=O)C(=O)N/N=C\C23c4ccccc4C(c4ccccc42)[C@@H]2C(=O)N(c4ccc(Br)cc4)C(=O)[C@H]23)cc1. The third-order valence-electron chi connectivity index (χ3n) is 8.98. The Kier molecular flexibility index (Phi) is 6.77. The number of hydrazone groups is 1. The monoisotopic (exact) mass is 646 g/mol. The molecule has 1 saturated heterocycles. The van der Waals surface area contributed by atoms with E-state index in [1.165, 1.54) is 4.90 Å². The van der Waals surface area contributed by atoms with Crippen molar-refractivity contribution in [2.24, 2.45) is 16.9 Å². The van der Waals surface area contributed by atoms with Crippen LogP contribution in [-0.4, -0.2) is 29.8 Å². The number of nitrogens with zero attached hydrogens (tertiary/aromatic N) is 2. The highest BCUT2D eigenvalue weighted by Gasteiger charge is 2.68. The molecule has 0 saturated carbocycles. The molecule has 0 aromatic heterocycles. The van der Waals surface area contributed by atoms with Crippen LogP contribution in [0, 0.1) is 18.8 Å². The van der Waals surface area contributed by atoms with Crippen molar-refractivity contribution in [2.75, 3.05) is 4.90 Å². The Hall–Kier alpha value is -4.89. The first-order chi connectivity index (χ1) is 21.3. The van der Waals surface area contributed by atoms with Gasteiger partial charge in [-0.05, 0) is 59.0 Å². The number of halogens is 1. The van der Waals surface area contributed by atoms with Crippen molar-refractivity contribution in [1.29, 1.82) is 0 Å². The van der Waals surface area contributed by atoms with E-state index in [2.05, 4.69) is 31.8 Å². The number of nitrogens with one attached hydrogen (secondary N) is 2. The summed E-state index contributed by atoms with van der Waals surface area (Å²) in [5.41, 5.74) is 7.26. The predicted molar refractivity (Wildman–Crippen MR) is 169 cm³/mol. The number of aryl methyl sites for hydroxylation is 1. The summed E-state index contributed by atoms with van der Waals surface area (Å²) < 4.78 is 0.833. The zero-order chi connectivity index (χ0) is 30.6. The van der Waals surface area contributed by atoms with Crippen molar-refractivity contribution in [2.45, 2.75) is 24.8 Å². The fourth-order valence-electron chi connectivity index (χ4n) is 7.11. The molecule has 0 spiro atoms. The minimum atomic E-state index is -1.16. The average molecular weight is 648 g/mol. The van der Waals surface area contributed by atoms with E-state index in [4.69, 9.17) is 0 Å². The van der Waals surface area contributed by atoms with Crippen molar-refractivity contribution < 1.29 is 19.2 Å². The van der Waals surface area contributed by atoms with Gasteiger partial charge >= 0.3 is 11.8 Å². The summed E-state index contributed by atoms with van der Waals surface area (Å²) in [6, 6.07) is 30.3. The van der Waals surface area contributed by atoms with Crippen LogP contribution in [0.3, 0.4) is 0 Å². The van der Waals surface area contributed by atoms with Gasteiger partial charge in [-0.2, -0.15) is 5.10 Å². The van der Waals surface area contributed by atoms with Crippen molar-refractivity contribution in [3.05, 3.63) is 135 Å². The van der Waals surface area contributed by atoms with Gasteiger partial charge in [0.1, 0.15) is 0 Å². The van der Waals surface area contributed by atoms with Gasteiger partial charge in [-0.25, -0.2) is 10.3 Å². The Morgan fingerprint density at radius 1 is 0.841 bits per heavy atom. The number of carbonyl (C=O) groups excluding carboxylic acids is 4. The number of benzene rings is 4. The predicted octanol–water partition coefficient (Wildman–Crippen LogP) is 4.73. The molecule has 0 unspecified atom stereocenters. The van der Waals surface area contributed by atoms with Gasteiger partial charge in [0, 0.05) is 23.1 Å². The third-order valence-corrected chi connectivity index (χ3v) is 9.51. The maximum Gasteiger partial charge on any atom is 0.329 e. The summed E-state index contributed by atoms with van der Waals surface area (Å²) >= 11 is 3.43. The van der Waals surface area contributed by atoms with Gasteiger partial charge in [-0.3, -0.25) is 19.2 Å². The quantitative estimate of drug-likeness (QED) is 0.141. The molecule has 1 fully saturated rings. The average Bonchev–Trinajstić information content (AvgIpc) is 3.31. The highest BCUT2D eigenvalue weighted by molar-refractivity contribution is 9.10. The van der Waals surface area contributed by atoms with E-state index in [1.54, 1.807) is 30.5 Å². The maximum absolute atomic E-state index is 14.4. The first-order valence-corrected chi connectivity index (χ1v) is 15.1. The molecule has 1 aliphatic heterocycles. The molecule has 3 aliphatic carbocycles. The molecule has 0 radical (unpaired) electrons. The molecule has 218 valence electrons. The summed E-state index contributed by atoms with van der Waals surface area (Å²) in [5.74, 6) is -4.15. The first-order valence-electron chi connectivity index (χ1n) is 14.3. The topological polar surface area (TPSA) is 108 Å². The Morgan fingerprint density at radius 3 is 2.09 bits per heavy atom. The second kappa shape index (κ2) is 10.7. The molecule has 44 heavy (non-hydrogen) atoms. The van der Waals surface area contributed by atoms with Crippen LogP contribution in [0.2, 0.25) is 0 Å². The van der Waals surface area contributed by atoms with E-state index < -0.39 is 29.1 Å². The Morgan fingerprint density at radius 2 is 1.45 bits per heavy atom. The summed E-state index contributed by atoms with van der Waals surface area (Å²) in [7, 11) is 0. The summed E-state index contributed by atoms with van der Waals surface area (Å²) in [6.45, 7) is 2.16. The van der Waals surface area contributed by atoms with Crippen LogP contribution >= 0.6 is 15.9 Å². The molecule has 2 N–H and O–H groups in total. The van der Waals surface area contributed by atoms with Crippen molar-refractivity contribution in [3.63, 3.8) is 0 Å². The number of hydrogen-bond donors (Lipinski definition) is 2. The normalized spacial score (nSPS) is 22.9. The van der Waals surface area contributed by atoms with Crippen LogP contribution in [-0.2, 0) is 31.1 Å². The number of anilines is 1. The third kappa shape index (κ3) is 4.22. The molecule has 9 heteroatoms. The minimum Gasteiger partial charge on any atom is -0.344 e. The zero-order valence-electron chi connectivity index (χ0n) is 23.7. The van der Waals surface area contributed by atoms with Crippen molar-refractivity contribution in [3.8, 4) is 0 Å². The fourth-order valence-corrected chi connectivity index (χ4v) is 7.37. The molecule has 4 aromatic rings. The van der Waals surface area contributed by atoms with Gasteiger partial charge in [-0.1, -0.05) is 94.3 Å². The van der Waals surface area contributed by atoms with Gasteiger partial charge in [-0.15, -0.1) is 0 Å². The van der Waals surface area contributed by atoms with Crippen LogP contribution in [0.15, 0.2) is 107 Å². The number of imide groups is 1. The molecular weight excluding hydrogens is 620 g/mol. The molecule has 4 aliphatic rings. The van der Waals surface area contributed by atoms with Crippen LogP contribution in [0.4, 0.5) is 5.69 Å². The summed E-state index contributed by atoms with van der Waals surface area (Å²) in [4.78, 5) is 55.3. The van der Waals surface area contributed by atoms with E-state index in [9.17, 15) is 19.2 Å². The second-order valence-electron chi connectivity index (χ2n) is 11.4. The largest absolute Gasteiger partial charge is 0.344 e. The summed E-state index contributed by atoms with van der Waals surface area (Å²) in [6.07, 6.45) is 1.54. The van der Waals surface area contributed by atoms with Crippen molar-refractivity contribution >= 4 is 51.5 Å². The Bertz CT molecular complexity index is 1820. The van der Waals surface area contributed by atoms with Gasteiger partial charge in [0.05, 0.1) is 22.9 Å². The van der Waals surface area contributed by atoms with Crippen molar-refractivity contribution in [1.82, 2.24) is 10.7 Å². The molecule has 8 rings (SSSR count). The van der Waals surface area contributed by atoms with Gasteiger partial charge < -0.3 is 5.32 Å². The van der Waals surface area contributed by atoms with E-state index in [0.717, 1.165) is 37.9 Å². The van der Waals surface area contributed by atoms with Crippen LogP contribution in [0.5, 0.6) is 0 Å². The fraction of sp³-hybridized carbons (Fsp3) is 0.171. The van der Waals surface area contributed by atoms with E-state index in [-0.39, 0.29) is 24.3 Å². The lowest BCUT2D eigenvalue weighted by molar-refractivity contribution is -0.139. The van der Waals surface area contributed by atoms with Gasteiger partial charge in [0.2, 0.25) is 11.8 Å². The number of hydrogen-bond acceptors (Lipinski definition) is 5. The molecule has 4 aromatic carbocycles. The zero-order valence-corrected chi connectivity index (χ0v) is 25.2. The Labute approximate surface area is 262 Å². The van der Waals surface area contributed by atoms with E-state index in [0.29, 0.717) is 5.69 Å². The first kappa shape index (κ1) is 27.9. The van der Waals surface area contributed by atoms with Gasteiger partial charge in [0.25, 0.3) is 0 Å². The molecule has 4 amide bonds. The lowest BCUT2D eigenvalue weighted by Gasteiger charge is -2.52. The Balaban J connectivity index is 1.26.